The Hall–Kier alpha value is -2.64. The highest BCUT2D eigenvalue weighted by Crippen LogP contribution is 2.23. The van der Waals surface area contributed by atoms with Gasteiger partial charge in [0.05, 0.1) is 6.20 Å². The van der Waals surface area contributed by atoms with Crippen LogP contribution >= 0.6 is 0 Å². The summed E-state index contributed by atoms with van der Waals surface area (Å²) in [5.41, 5.74) is 0.727. The van der Waals surface area contributed by atoms with Gasteiger partial charge in [-0.3, -0.25) is 4.79 Å². The second-order valence-corrected chi connectivity index (χ2v) is 4.97. The average Bonchev–Trinajstić information content (AvgIpc) is 2.85. The van der Waals surface area contributed by atoms with Gasteiger partial charge in [-0.2, -0.15) is 4.98 Å². The first-order chi connectivity index (χ1) is 9.88. The van der Waals surface area contributed by atoms with E-state index >= 15 is 0 Å². The average molecular weight is 290 g/mol. The molecule has 0 spiro atoms. The van der Waals surface area contributed by atoms with Crippen molar-refractivity contribution < 1.29 is 9.32 Å². The zero-order valence-electron chi connectivity index (χ0n) is 12.7. The zero-order valence-corrected chi connectivity index (χ0v) is 12.7. The Balaban J connectivity index is 2.29. The van der Waals surface area contributed by atoms with E-state index in [2.05, 4.69) is 20.4 Å². The van der Waals surface area contributed by atoms with E-state index in [9.17, 15) is 4.79 Å². The van der Waals surface area contributed by atoms with Crippen LogP contribution < -0.4 is 15.1 Å². The summed E-state index contributed by atoms with van der Waals surface area (Å²) in [6.07, 6.45) is 1.57. The molecule has 0 atom stereocenters. The number of rotatable bonds is 4. The number of nitrogens with one attached hydrogen (secondary N) is 1. The molecule has 8 heteroatoms. The SMILES string of the molecule is Cc1cc(C(=O)Nc2cnc(N(C)C)nc2N(C)C)no1. The molecule has 0 unspecified atom stereocenters. The Labute approximate surface area is 122 Å². The van der Waals surface area contributed by atoms with Gasteiger partial charge in [0.2, 0.25) is 5.95 Å². The van der Waals surface area contributed by atoms with Crippen LogP contribution in [0.1, 0.15) is 16.2 Å². The highest BCUT2D eigenvalue weighted by Gasteiger charge is 2.16. The fraction of sp³-hybridized carbons (Fsp3) is 0.385. The Morgan fingerprint density at radius 2 is 1.95 bits per heavy atom. The molecule has 0 radical (unpaired) electrons. The highest BCUT2D eigenvalue weighted by atomic mass is 16.5. The Bertz CT molecular complexity index is 650. The van der Waals surface area contributed by atoms with Crippen molar-refractivity contribution in [3.05, 3.63) is 23.7 Å². The van der Waals surface area contributed by atoms with Crippen LogP contribution in [0.2, 0.25) is 0 Å². The van der Waals surface area contributed by atoms with Crippen LogP contribution in [0, 0.1) is 6.92 Å². The van der Waals surface area contributed by atoms with Gasteiger partial charge in [-0.1, -0.05) is 5.16 Å². The van der Waals surface area contributed by atoms with Crippen molar-refractivity contribution in [2.24, 2.45) is 0 Å². The smallest absolute Gasteiger partial charge is 0.277 e. The lowest BCUT2D eigenvalue weighted by Gasteiger charge is -2.19. The van der Waals surface area contributed by atoms with Crippen molar-refractivity contribution in [1.82, 2.24) is 15.1 Å². The van der Waals surface area contributed by atoms with Crippen LogP contribution in [0.15, 0.2) is 16.8 Å². The van der Waals surface area contributed by atoms with Gasteiger partial charge < -0.3 is 19.6 Å². The number of carbonyl (C=O) groups is 1. The summed E-state index contributed by atoms with van der Waals surface area (Å²) in [7, 11) is 7.39. The normalized spacial score (nSPS) is 10.3. The van der Waals surface area contributed by atoms with Crippen molar-refractivity contribution >= 4 is 23.4 Å². The van der Waals surface area contributed by atoms with Crippen molar-refractivity contribution in [1.29, 1.82) is 0 Å². The van der Waals surface area contributed by atoms with Gasteiger partial charge in [0.1, 0.15) is 11.4 Å². The minimum atomic E-state index is -0.365. The summed E-state index contributed by atoms with van der Waals surface area (Å²) in [5.74, 6) is 1.39. The molecule has 1 N–H and O–H groups in total. The fourth-order valence-corrected chi connectivity index (χ4v) is 1.67. The minimum Gasteiger partial charge on any atom is -0.361 e. The molecule has 2 aromatic rings. The predicted molar refractivity (Wildman–Crippen MR) is 79.9 cm³/mol. The van der Waals surface area contributed by atoms with E-state index in [1.165, 1.54) is 0 Å². The third-order valence-corrected chi connectivity index (χ3v) is 2.69. The molecule has 2 rings (SSSR count). The van der Waals surface area contributed by atoms with Crippen LogP contribution in [0.5, 0.6) is 0 Å². The maximum atomic E-state index is 12.1. The zero-order chi connectivity index (χ0) is 15.6. The standard InChI is InChI=1S/C13H18N6O2/c1-8-6-9(17-21-8)12(20)15-10-7-14-13(19(4)5)16-11(10)18(2)3/h6-7H,1-5H3,(H,15,20). The molecule has 0 aliphatic heterocycles. The van der Waals surface area contributed by atoms with Gasteiger partial charge in [0, 0.05) is 34.3 Å². The molecular weight excluding hydrogens is 272 g/mol. The summed E-state index contributed by atoms with van der Waals surface area (Å²) >= 11 is 0. The van der Waals surface area contributed by atoms with Crippen LogP contribution in [-0.2, 0) is 0 Å². The van der Waals surface area contributed by atoms with E-state index in [0.29, 0.717) is 23.2 Å². The second-order valence-electron chi connectivity index (χ2n) is 4.97. The van der Waals surface area contributed by atoms with Crippen LogP contribution in [0.3, 0.4) is 0 Å². The number of anilines is 3. The number of amides is 1. The molecule has 0 fully saturated rings. The first kappa shape index (κ1) is 14.8. The Morgan fingerprint density at radius 3 is 2.48 bits per heavy atom. The van der Waals surface area contributed by atoms with Crippen molar-refractivity contribution in [3.63, 3.8) is 0 Å². The summed E-state index contributed by atoms with van der Waals surface area (Å²) in [6.45, 7) is 1.73. The summed E-state index contributed by atoms with van der Waals surface area (Å²) in [6, 6.07) is 1.57. The van der Waals surface area contributed by atoms with E-state index in [0.717, 1.165) is 0 Å². The van der Waals surface area contributed by atoms with Gasteiger partial charge in [-0.05, 0) is 6.92 Å². The largest absolute Gasteiger partial charge is 0.361 e. The number of hydrogen-bond donors (Lipinski definition) is 1. The number of aryl methyl sites for hydroxylation is 1. The second kappa shape index (κ2) is 5.78. The number of aromatic nitrogens is 3. The first-order valence-corrected chi connectivity index (χ1v) is 6.35. The molecule has 0 saturated carbocycles. The molecule has 8 nitrogen and oxygen atoms in total. The first-order valence-electron chi connectivity index (χ1n) is 6.35. The minimum absolute atomic E-state index is 0.217. The predicted octanol–water partition coefficient (Wildman–Crippen LogP) is 1.16. The lowest BCUT2D eigenvalue weighted by molar-refractivity contribution is 0.101. The maximum Gasteiger partial charge on any atom is 0.277 e. The summed E-state index contributed by atoms with van der Waals surface area (Å²) in [4.78, 5) is 24.3. The van der Waals surface area contributed by atoms with Gasteiger partial charge >= 0.3 is 0 Å². The molecule has 0 bridgehead atoms. The molecule has 0 aliphatic rings. The fourth-order valence-electron chi connectivity index (χ4n) is 1.67. The Morgan fingerprint density at radius 1 is 1.24 bits per heavy atom. The summed E-state index contributed by atoms with van der Waals surface area (Å²) < 4.78 is 4.89. The molecule has 0 aliphatic carbocycles. The maximum absolute atomic E-state index is 12.1. The van der Waals surface area contributed by atoms with E-state index in [4.69, 9.17) is 4.52 Å². The number of carbonyl (C=O) groups excluding carboxylic acids is 1. The van der Waals surface area contributed by atoms with Crippen LogP contribution in [0.4, 0.5) is 17.5 Å². The molecule has 0 aromatic carbocycles. The van der Waals surface area contributed by atoms with E-state index in [1.54, 1.807) is 29.0 Å². The van der Waals surface area contributed by atoms with Gasteiger partial charge in [0.25, 0.3) is 5.91 Å². The number of nitrogens with zero attached hydrogens (tertiary/aromatic N) is 5. The van der Waals surface area contributed by atoms with Crippen LogP contribution in [-0.4, -0.2) is 49.2 Å². The van der Waals surface area contributed by atoms with Crippen molar-refractivity contribution in [3.8, 4) is 0 Å². The van der Waals surface area contributed by atoms with E-state index in [-0.39, 0.29) is 11.6 Å². The molecular formula is C13H18N6O2. The third-order valence-electron chi connectivity index (χ3n) is 2.69. The topological polar surface area (TPSA) is 87.4 Å². The summed E-state index contributed by atoms with van der Waals surface area (Å²) in [5, 5.41) is 6.42. The van der Waals surface area contributed by atoms with Gasteiger partial charge in [-0.25, -0.2) is 4.98 Å². The van der Waals surface area contributed by atoms with Crippen LogP contribution in [0.25, 0.3) is 0 Å². The van der Waals surface area contributed by atoms with Crippen molar-refractivity contribution in [2.75, 3.05) is 43.3 Å². The van der Waals surface area contributed by atoms with E-state index < -0.39 is 0 Å². The molecule has 21 heavy (non-hydrogen) atoms. The number of hydrogen-bond acceptors (Lipinski definition) is 7. The molecule has 2 aromatic heterocycles. The lowest BCUT2D eigenvalue weighted by Crippen LogP contribution is -2.21. The van der Waals surface area contributed by atoms with E-state index in [1.807, 2.05) is 28.2 Å². The quantitative estimate of drug-likeness (QED) is 0.903. The molecule has 1 amide bonds. The van der Waals surface area contributed by atoms with Crippen molar-refractivity contribution in [2.45, 2.75) is 6.92 Å². The lowest BCUT2D eigenvalue weighted by atomic mass is 10.3. The monoisotopic (exact) mass is 290 g/mol. The highest BCUT2D eigenvalue weighted by molar-refractivity contribution is 6.04. The Kier molecular flexibility index (Phi) is 4.06. The van der Waals surface area contributed by atoms with Gasteiger partial charge in [-0.15, -0.1) is 0 Å². The van der Waals surface area contributed by atoms with Gasteiger partial charge in [0.15, 0.2) is 11.5 Å². The molecule has 0 saturated heterocycles. The molecule has 112 valence electrons. The molecule has 2 heterocycles. The third kappa shape index (κ3) is 3.28.